The number of carbonyl (C=O) groups is 1. The second kappa shape index (κ2) is 8.18. The minimum absolute atomic E-state index is 0.135. The van der Waals surface area contributed by atoms with Crippen molar-refractivity contribution in [3.63, 3.8) is 0 Å². The monoisotopic (exact) mass is 409 g/mol. The second-order valence-electron chi connectivity index (χ2n) is 7.37. The maximum absolute atomic E-state index is 13.3. The summed E-state index contributed by atoms with van der Waals surface area (Å²) in [4.78, 5) is 14.9. The van der Waals surface area contributed by atoms with Crippen LogP contribution in [0.15, 0.2) is 42.5 Å². The number of fused-ring (bicyclic) bond motifs is 1. The molecule has 0 aliphatic heterocycles. The fourth-order valence-electron chi connectivity index (χ4n) is 3.91. The zero-order chi connectivity index (χ0) is 21.3. The van der Waals surface area contributed by atoms with Gasteiger partial charge in [0.15, 0.2) is 17.2 Å². The standard InChI is InChI=1S/C23H24FN3O3/c1-26(14-15-7-12-20(29-2)21(13-15)30-3)23(28)22-18-5-4-6-19(18)27(25-22)17-10-8-16(24)9-11-17/h7-13H,4-6,14H2,1-3H3. The molecule has 1 amide bonds. The molecule has 1 aliphatic carbocycles. The quantitative estimate of drug-likeness (QED) is 0.622. The van der Waals surface area contributed by atoms with Crippen LogP contribution in [0.5, 0.6) is 11.5 Å². The van der Waals surface area contributed by atoms with E-state index in [1.807, 2.05) is 18.2 Å². The van der Waals surface area contributed by atoms with E-state index in [1.165, 1.54) is 12.1 Å². The number of halogens is 1. The van der Waals surface area contributed by atoms with Crippen LogP contribution in [0.1, 0.15) is 33.7 Å². The smallest absolute Gasteiger partial charge is 0.274 e. The topological polar surface area (TPSA) is 56.6 Å². The maximum Gasteiger partial charge on any atom is 0.274 e. The third kappa shape index (κ3) is 3.63. The number of hydrogen-bond donors (Lipinski definition) is 0. The number of nitrogens with zero attached hydrogens (tertiary/aromatic N) is 3. The molecule has 6 nitrogen and oxygen atoms in total. The highest BCUT2D eigenvalue weighted by molar-refractivity contribution is 5.94. The molecule has 0 fully saturated rings. The van der Waals surface area contributed by atoms with E-state index in [0.29, 0.717) is 23.7 Å². The normalized spacial score (nSPS) is 12.5. The first-order valence-corrected chi connectivity index (χ1v) is 9.85. The number of carbonyl (C=O) groups excluding carboxylic acids is 1. The molecule has 156 valence electrons. The van der Waals surface area contributed by atoms with Gasteiger partial charge in [0.2, 0.25) is 0 Å². The van der Waals surface area contributed by atoms with Crippen molar-refractivity contribution in [3.05, 3.63) is 70.8 Å². The number of rotatable bonds is 6. The van der Waals surface area contributed by atoms with E-state index in [1.54, 1.807) is 43.0 Å². The first-order valence-electron chi connectivity index (χ1n) is 9.85. The summed E-state index contributed by atoms with van der Waals surface area (Å²) < 4.78 is 25.7. The van der Waals surface area contributed by atoms with Crippen molar-refractivity contribution in [3.8, 4) is 17.2 Å². The van der Waals surface area contributed by atoms with Crippen LogP contribution in [0.2, 0.25) is 0 Å². The van der Waals surface area contributed by atoms with Gasteiger partial charge in [0, 0.05) is 24.8 Å². The van der Waals surface area contributed by atoms with Crippen LogP contribution in [0.3, 0.4) is 0 Å². The molecule has 1 aromatic heterocycles. The average molecular weight is 409 g/mol. The maximum atomic E-state index is 13.3. The summed E-state index contributed by atoms with van der Waals surface area (Å²) in [5.74, 6) is 0.834. The molecule has 1 aliphatic rings. The van der Waals surface area contributed by atoms with E-state index in [9.17, 15) is 9.18 Å². The molecule has 2 aromatic carbocycles. The van der Waals surface area contributed by atoms with Crippen molar-refractivity contribution < 1.29 is 18.7 Å². The van der Waals surface area contributed by atoms with Crippen LogP contribution in [0.4, 0.5) is 4.39 Å². The first-order chi connectivity index (χ1) is 14.5. The third-order valence-corrected chi connectivity index (χ3v) is 5.42. The Hall–Kier alpha value is -3.35. The van der Waals surface area contributed by atoms with Gasteiger partial charge in [-0.1, -0.05) is 6.07 Å². The van der Waals surface area contributed by atoms with Crippen molar-refractivity contribution in [1.82, 2.24) is 14.7 Å². The van der Waals surface area contributed by atoms with Crippen LogP contribution in [-0.2, 0) is 19.4 Å². The highest BCUT2D eigenvalue weighted by atomic mass is 19.1. The van der Waals surface area contributed by atoms with Crippen molar-refractivity contribution in [2.24, 2.45) is 0 Å². The highest BCUT2D eigenvalue weighted by Gasteiger charge is 2.28. The van der Waals surface area contributed by atoms with Crippen molar-refractivity contribution >= 4 is 5.91 Å². The van der Waals surface area contributed by atoms with Gasteiger partial charge in [-0.3, -0.25) is 4.79 Å². The van der Waals surface area contributed by atoms with Gasteiger partial charge in [0.1, 0.15) is 5.82 Å². The second-order valence-corrected chi connectivity index (χ2v) is 7.37. The van der Waals surface area contributed by atoms with E-state index in [4.69, 9.17) is 9.47 Å². The Balaban J connectivity index is 1.60. The van der Waals surface area contributed by atoms with Gasteiger partial charge < -0.3 is 14.4 Å². The van der Waals surface area contributed by atoms with Gasteiger partial charge in [-0.15, -0.1) is 0 Å². The van der Waals surface area contributed by atoms with Crippen LogP contribution in [0, 0.1) is 5.82 Å². The molecule has 30 heavy (non-hydrogen) atoms. The fraction of sp³-hybridized carbons (Fsp3) is 0.304. The lowest BCUT2D eigenvalue weighted by Crippen LogP contribution is -2.27. The fourth-order valence-corrected chi connectivity index (χ4v) is 3.91. The minimum Gasteiger partial charge on any atom is -0.493 e. The van der Waals surface area contributed by atoms with Crippen LogP contribution in [-0.4, -0.2) is 41.9 Å². The first kappa shape index (κ1) is 19.9. The van der Waals surface area contributed by atoms with E-state index in [0.717, 1.165) is 41.8 Å². The molecule has 3 aromatic rings. The lowest BCUT2D eigenvalue weighted by atomic mass is 10.1. The van der Waals surface area contributed by atoms with Crippen LogP contribution >= 0.6 is 0 Å². The number of amides is 1. The van der Waals surface area contributed by atoms with E-state index in [-0.39, 0.29) is 11.7 Å². The Bertz CT molecular complexity index is 1080. The summed E-state index contributed by atoms with van der Waals surface area (Å²) in [7, 11) is 4.93. The summed E-state index contributed by atoms with van der Waals surface area (Å²) in [5.41, 5.74) is 4.18. The molecule has 1 heterocycles. The Morgan fingerprint density at radius 3 is 2.53 bits per heavy atom. The number of ether oxygens (including phenoxy) is 2. The Labute approximate surface area is 174 Å². The summed E-state index contributed by atoms with van der Waals surface area (Å²) in [5, 5.41) is 4.61. The molecule has 4 rings (SSSR count). The Morgan fingerprint density at radius 2 is 1.83 bits per heavy atom. The molecule has 0 bridgehead atoms. The van der Waals surface area contributed by atoms with Crippen molar-refractivity contribution in [1.29, 1.82) is 0 Å². The average Bonchev–Trinajstić information content (AvgIpc) is 3.36. The summed E-state index contributed by atoms with van der Waals surface area (Å²) in [6.45, 7) is 0.414. The summed E-state index contributed by atoms with van der Waals surface area (Å²) >= 11 is 0. The lowest BCUT2D eigenvalue weighted by Gasteiger charge is -2.18. The van der Waals surface area contributed by atoms with Crippen molar-refractivity contribution in [2.75, 3.05) is 21.3 Å². The Morgan fingerprint density at radius 1 is 1.10 bits per heavy atom. The largest absolute Gasteiger partial charge is 0.493 e. The molecule has 7 heteroatoms. The molecule has 0 radical (unpaired) electrons. The summed E-state index contributed by atoms with van der Waals surface area (Å²) in [6, 6.07) is 11.8. The van der Waals surface area contributed by atoms with E-state index >= 15 is 0 Å². The van der Waals surface area contributed by atoms with Gasteiger partial charge >= 0.3 is 0 Å². The molecular formula is C23H24FN3O3. The molecule has 0 saturated carbocycles. The van der Waals surface area contributed by atoms with Gasteiger partial charge in [-0.05, 0) is 61.2 Å². The van der Waals surface area contributed by atoms with Crippen molar-refractivity contribution in [2.45, 2.75) is 25.8 Å². The number of hydrogen-bond acceptors (Lipinski definition) is 4. The Kier molecular flexibility index (Phi) is 5.44. The predicted octanol–water partition coefficient (Wildman–Crippen LogP) is 3.79. The molecule has 0 N–H and O–H groups in total. The predicted molar refractivity (Wildman–Crippen MR) is 111 cm³/mol. The van der Waals surface area contributed by atoms with Gasteiger partial charge in [0.25, 0.3) is 5.91 Å². The molecule has 0 unspecified atom stereocenters. The SMILES string of the molecule is COc1ccc(CN(C)C(=O)c2nn(-c3ccc(F)cc3)c3c2CCC3)cc1OC. The van der Waals surface area contributed by atoms with E-state index < -0.39 is 0 Å². The minimum atomic E-state index is -0.298. The molecule has 0 saturated heterocycles. The van der Waals surface area contributed by atoms with Gasteiger partial charge in [-0.2, -0.15) is 5.10 Å². The zero-order valence-electron chi connectivity index (χ0n) is 17.3. The van der Waals surface area contributed by atoms with Gasteiger partial charge in [-0.25, -0.2) is 9.07 Å². The zero-order valence-corrected chi connectivity index (χ0v) is 17.3. The molecular weight excluding hydrogens is 385 g/mol. The van der Waals surface area contributed by atoms with Crippen LogP contribution < -0.4 is 9.47 Å². The molecule has 0 atom stereocenters. The molecule has 0 spiro atoms. The third-order valence-electron chi connectivity index (χ3n) is 5.42. The highest BCUT2D eigenvalue weighted by Crippen LogP contribution is 2.30. The number of aromatic nitrogens is 2. The summed E-state index contributed by atoms with van der Waals surface area (Å²) in [6.07, 6.45) is 2.65. The number of methoxy groups -OCH3 is 2. The van der Waals surface area contributed by atoms with Crippen LogP contribution in [0.25, 0.3) is 5.69 Å². The van der Waals surface area contributed by atoms with E-state index in [2.05, 4.69) is 5.10 Å². The lowest BCUT2D eigenvalue weighted by molar-refractivity contribution is 0.0777. The van der Waals surface area contributed by atoms with Gasteiger partial charge in [0.05, 0.1) is 19.9 Å². The number of benzene rings is 2.